The van der Waals surface area contributed by atoms with Gasteiger partial charge in [-0.05, 0) is 31.2 Å². The third kappa shape index (κ3) is 4.24. The van der Waals surface area contributed by atoms with Crippen molar-refractivity contribution in [2.45, 2.75) is 12.8 Å². The summed E-state index contributed by atoms with van der Waals surface area (Å²) < 4.78 is 0. The van der Waals surface area contributed by atoms with E-state index in [4.69, 9.17) is 17.3 Å². The molecule has 0 fully saturated rings. The molecule has 94 valence electrons. The Labute approximate surface area is 107 Å². The molecular weight excluding hydrogens is 238 g/mol. The average molecular weight is 256 g/mol. The van der Waals surface area contributed by atoms with Crippen LogP contribution >= 0.6 is 11.6 Å². The van der Waals surface area contributed by atoms with Crippen LogP contribution in [0.5, 0.6) is 0 Å². The zero-order valence-corrected chi connectivity index (χ0v) is 10.9. The highest BCUT2D eigenvalue weighted by Crippen LogP contribution is 2.27. The molecule has 0 atom stereocenters. The van der Waals surface area contributed by atoms with Crippen molar-refractivity contribution < 1.29 is 4.79 Å². The summed E-state index contributed by atoms with van der Waals surface area (Å²) in [7, 11) is 3.83. The van der Waals surface area contributed by atoms with E-state index in [1.807, 2.05) is 25.1 Å². The van der Waals surface area contributed by atoms with Crippen LogP contribution in [0.1, 0.15) is 12.8 Å². The van der Waals surface area contributed by atoms with Gasteiger partial charge in [-0.1, -0.05) is 11.6 Å². The summed E-state index contributed by atoms with van der Waals surface area (Å²) in [5.74, 6) is -0.0409. The van der Waals surface area contributed by atoms with Crippen LogP contribution in [0.3, 0.4) is 0 Å². The van der Waals surface area contributed by atoms with Crippen molar-refractivity contribution in [2.24, 2.45) is 5.73 Å². The molecule has 0 saturated carbocycles. The van der Waals surface area contributed by atoms with Gasteiger partial charge in [0.1, 0.15) is 0 Å². The summed E-state index contributed by atoms with van der Waals surface area (Å²) >= 11 is 5.92. The number of carbonyl (C=O) groups excluding carboxylic acids is 1. The molecule has 0 aliphatic heterocycles. The van der Waals surface area contributed by atoms with Crippen LogP contribution in [0.2, 0.25) is 5.02 Å². The molecule has 5 heteroatoms. The zero-order chi connectivity index (χ0) is 12.8. The minimum Gasteiger partial charge on any atom is -0.376 e. The lowest BCUT2D eigenvalue weighted by molar-refractivity contribution is -0.116. The summed E-state index contributed by atoms with van der Waals surface area (Å²) in [6.07, 6.45) is 1.11. The van der Waals surface area contributed by atoms with Crippen molar-refractivity contribution >= 4 is 28.9 Å². The van der Waals surface area contributed by atoms with Crippen molar-refractivity contribution in [1.82, 2.24) is 0 Å². The average Bonchev–Trinajstić information content (AvgIpc) is 2.26. The molecule has 0 heterocycles. The Balaban J connectivity index is 2.81. The first-order chi connectivity index (χ1) is 8.04. The van der Waals surface area contributed by atoms with Gasteiger partial charge in [-0.2, -0.15) is 0 Å². The van der Waals surface area contributed by atoms with Crippen molar-refractivity contribution in [3.63, 3.8) is 0 Å². The van der Waals surface area contributed by atoms with Crippen LogP contribution in [0.4, 0.5) is 11.4 Å². The van der Waals surface area contributed by atoms with Gasteiger partial charge in [0.15, 0.2) is 0 Å². The molecule has 0 aliphatic rings. The summed E-state index contributed by atoms with van der Waals surface area (Å²) in [4.78, 5) is 13.6. The van der Waals surface area contributed by atoms with Gasteiger partial charge in [0.05, 0.1) is 11.4 Å². The normalized spacial score (nSPS) is 10.1. The molecular formula is C12H18ClN3O. The van der Waals surface area contributed by atoms with E-state index in [1.165, 1.54) is 0 Å². The SMILES string of the molecule is CN(C)c1ccc(Cl)cc1NC(=O)CCCN. The predicted molar refractivity (Wildman–Crippen MR) is 72.7 cm³/mol. The molecule has 1 aromatic rings. The Morgan fingerprint density at radius 2 is 2.18 bits per heavy atom. The largest absolute Gasteiger partial charge is 0.376 e. The number of halogens is 1. The van der Waals surface area contributed by atoms with Crippen molar-refractivity contribution in [1.29, 1.82) is 0 Å². The molecule has 0 radical (unpaired) electrons. The molecule has 0 saturated heterocycles. The fourth-order valence-corrected chi connectivity index (χ4v) is 1.65. The fraction of sp³-hybridized carbons (Fsp3) is 0.417. The highest BCUT2D eigenvalue weighted by Gasteiger charge is 2.08. The number of hydrogen-bond donors (Lipinski definition) is 2. The molecule has 17 heavy (non-hydrogen) atoms. The molecule has 4 nitrogen and oxygen atoms in total. The molecule has 0 aromatic heterocycles. The highest BCUT2D eigenvalue weighted by atomic mass is 35.5. The van der Waals surface area contributed by atoms with Crippen LogP contribution in [0, 0.1) is 0 Å². The number of nitrogens with one attached hydrogen (secondary N) is 1. The molecule has 1 rings (SSSR count). The number of rotatable bonds is 5. The van der Waals surface area contributed by atoms with Crippen LogP contribution < -0.4 is 16.0 Å². The van der Waals surface area contributed by atoms with Gasteiger partial charge in [0.25, 0.3) is 0 Å². The molecule has 1 amide bonds. The molecule has 3 N–H and O–H groups in total. The van der Waals surface area contributed by atoms with Gasteiger partial charge in [0.2, 0.25) is 5.91 Å². The number of hydrogen-bond acceptors (Lipinski definition) is 3. The van der Waals surface area contributed by atoms with Crippen LogP contribution in [-0.4, -0.2) is 26.5 Å². The van der Waals surface area contributed by atoms with E-state index in [-0.39, 0.29) is 5.91 Å². The third-order valence-corrected chi connectivity index (χ3v) is 2.56. The minimum atomic E-state index is -0.0409. The fourth-order valence-electron chi connectivity index (χ4n) is 1.47. The lowest BCUT2D eigenvalue weighted by atomic mass is 10.2. The highest BCUT2D eigenvalue weighted by molar-refractivity contribution is 6.31. The number of nitrogens with zero attached hydrogens (tertiary/aromatic N) is 1. The van der Waals surface area contributed by atoms with E-state index in [2.05, 4.69) is 5.32 Å². The Morgan fingerprint density at radius 3 is 2.76 bits per heavy atom. The monoisotopic (exact) mass is 255 g/mol. The number of amides is 1. The van der Waals surface area contributed by atoms with Gasteiger partial charge in [0, 0.05) is 25.5 Å². The number of carbonyl (C=O) groups is 1. The van der Waals surface area contributed by atoms with E-state index in [1.54, 1.807) is 12.1 Å². The molecule has 0 aliphatic carbocycles. The first-order valence-corrected chi connectivity index (χ1v) is 5.89. The van der Waals surface area contributed by atoms with Crippen molar-refractivity contribution in [3.8, 4) is 0 Å². The Hall–Kier alpha value is -1.26. The van der Waals surface area contributed by atoms with E-state index >= 15 is 0 Å². The van der Waals surface area contributed by atoms with E-state index in [9.17, 15) is 4.79 Å². The Kier molecular flexibility index (Phi) is 5.25. The van der Waals surface area contributed by atoms with Crippen molar-refractivity contribution in [2.75, 3.05) is 30.9 Å². The zero-order valence-electron chi connectivity index (χ0n) is 10.2. The van der Waals surface area contributed by atoms with Gasteiger partial charge < -0.3 is 16.0 Å². The van der Waals surface area contributed by atoms with E-state index < -0.39 is 0 Å². The van der Waals surface area contributed by atoms with Crippen LogP contribution in [-0.2, 0) is 4.79 Å². The lowest BCUT2D eigenvalue weighted by Gasteiger charge is -2.18. The maximum absolute atomic E-state index is 11.6. The van der Waals surface area contributed by atoms with Gasteiger partial charge in [-0.25, -0.2) is 0 Å². The Bertz CT molecular complexity index is 393. The quantitative estimate of drug-likeness (QED) is 0.847. The van der Waals surface area contributed by atoms with E-state index in [0.29, 0.717) is 24.4 Å². The maximum atomic E-state index is 11.6. The molecule has 0 bridgehead atoms. The second-order valence-electron chi connectivity index (χ2n) is 4.00. The number of nitrogens with two attached hydrogens (primary N) is 1. The predicted octanol–water partition coefficient (Wildman–Crippen LogP) is 2.08. The summed E-state index contributed by atoms with van der Waals surface area (Å²) in [6, 6.07) is 5.42. The van der Waals surface area contributed by atoms with Crippen LogP contribution in [0.15, 0.2) is 18.2 Å². The van der Waals surface area contributed by atoms with Gasteiger partial charge in [-0.15, -0.1) is 0 Å². The standard InChI is InChI=1S/C12H18ClN3O/c1-16(2)11-6-5-9(13)8-10(11)15-12(17)4-3-7-14/h5-6,8H,3-4,7,14H2,1-2H3,(H,15,17). The summed E-state index contributed by atoms with van der Waals surface area (Å²) in [6.45, 7) is 0.517. The molecule has 0 unspecified atom stereocenters. The number of benzene rings is 1. The van der Waals surface area contributed by atoms with Crippen LogP contribution in [0.25, 0.3) is 0 Å². The first-order valence-electron chi connectivity index (χ1n) is 5.51. The lowest BCUT2D eigenvalue weighted by Crippen LogP contribution is -2.17. The van der Waals surface area contributed by atoms with Gasteiger partial charge >= 0.3 is 0 Å². The molecule has 1 aromatic carbocycles. The summed E-state index contributed by atoms with van der Waals surface area (Å²) in [5, 5.41) is 3.45. The number of anilines is 2. The maximum Gasteiger partial charge on any atom is 0.224 e. The Morgan fingerprint density at radius 1 is 1.47 bits per heavy atom. The van der Waals surface area contributed by atoms with E-state index in [0.717, 1.165) is 11.4 Å². The topological polar surface area (TPSA) is 58.4 Å². The molecule has 0 spiro atoms. The summed E-state index contributed by atoms with van der Waals surface area (Å²) in [5.41, 5.74) is 7.02. The third-order valence-electron chi connectivity index (χ3n) is 2.32. The second kappa shape index (κ2) is 6.47. The van der Waals surface area contributed by atoms with Crippen molar-refractivity contribution in [3.05, 3.63) is 23.2 Å². The van der Waals surface area contributed by atoms with Gasteiger partial charge in [-0.3, -0.25) is 4.79 Å². The first kappa shape index (κ1) is 13.8. The smallest absolute Gasteiger partial charge is 0.224 e. The minimum absolute atomic E-state index is 0.0409. The second-order valence-corrected chi connectivity index (χ2v) is 4.43.